The minimum absolute atomic E-state index is 0.0422. The summed E-state index contributed by atoms with van der Waals surface area (Å²) in [4.78, 5) is 12.1. The Kier molecular flexibility index (Phi) is 4.22. The van der Waals surface area contributed by atoms with E-state index in [1.165, 1.54) is 0 Å². The molecule has 3 nitrogen and oxygen atoms in total. The smallest absolute Gasteiger partial charge is 0.254 e. The first-order valence-electron chi connectivity index (χ1n) is 5.72. The van der Waals surface area contributed by atoms with Gasteiger partial charge < -0.3 is 9.30 Å². The number of aromatic nitrogens is 1. The van der Waals surface area contributed by atoms with Crippen LogP contribution in [0.5, 0.6) is 5.75 Å². The van der Waals surface area contributed by atoms with Gasteiger partial charge in [0.1, 0.15) is 5.75 Å². The fourth-order valence-electron chi connectivity index (χ4n) is 1.92. The molecule has 2 rings (SSSR count). The van der Waals surface area contributed by atoms with Crippen LogP contribution in [0.4, 0.5) is 0 Å². The molecule has 0 aliphatic carbocycles. The topological polar surface area (TPSA) is 31.2 Å². The molecule has 0 amide bonds. The molecular formula is C14H14ClNO2S. The van der Waals surface area contributed by atoms with E-state index in [9.17, 15) is 4.79 Å². The van der Waals surface area contributed by atoms with Crippen LogP contribution in [0.3, 0.4) is 0 Å². The fourth-order valence-corrected chi connectivity index (χ4v) is 2.42. The predicted molar refractivity (Wildman–Crippen MR) is 81.4 cm³/mol. The highest BCUT2D eigenvalue weighted by atomic mass is 35.5. The monoisotopic (exact) mass is 295 g/mol. The minimum Gasteiger partial charge on any atom is -0.495 e. The van der Waals surface area contributed by atoms with Gasteiger partial charge >= 0.3 is 0 Å². The minimum atomic E-state index is -0.0422. The maximum atomic E-state index is 12.1. The number of nitrogens with zero attached hydrogens (tertiary/aromatic N) is 1. The van der Waals surface area contributed by atoms with Gasteiger partial charge in [0.15, 0.2) is 0 Å². The second-order valence-corrected chi connectivity index (χ2v) is 4.84. The first-order valence-corrected chi connectivity index (χ1v) is 6.73. The van der Waals surface area contributed by atoms with Crippen LogP contribution >= 0.6 is 24.2 Å². The van der Waals surface area contributed by atoms with Crippen molar-refractivity contribution in [2.45, 2.75) is 5.75 Å². The summed E-state index contributed by atoms with van der Waals surface area (Å²) in [5.74, 6) is 1.04. The zero-order valence-corrected chi connectivity index (χ0v) is 12.3. The van der Waals surface area contributed by atoms with Crippen LogP contribution in [0.25, 0.3) is 11.3 Å². The summed E-state index contributed by atoms with van der Waals surface area (Å²) in [6, 6.07) is 9.14. The second-order valence-electron chi connectivity index (χ2n) is 4.12. The molecule has 0 aliphatic heterocycles. The first kappa shape index (κ1) is 14.0. The number of halogens is 1. The van der Waals surface area contributed by atoms with E-state index in [2.05, 4.69) is 12.6 Å². The summed E-state index contributed by atoms with van der Waals surface area (Å²) in [5, 5.41) is 0.519. The van der Waals surface area contributed by atoms with Crippen LogP contribution in [0.2, 0.25) is 5.02 Å². The highest BCUT2D eigenvalue weighted by Gasteiger charge is 2.09. The molecule has 2 aromatic rings. The van der Waals surface area contributed by atoms with Crippen LogP contribution < -0.4 is 10.3 Å². The summed E-state index contributed by atoms with van der Waals surface area (Å²) in [6.07, 6.45) is 0. The number of hydrogen-bond acceptors (Lipinski definition) is 3. The molecule has 0 aliphatic rings. The van der Waals surface area contributed by atoms with Gasteiger partial charge in [0, 0.05) is 18.4 Å². The zero-order valence-electron chi connectivity index (χ0n) is 10.7. The second kappa shape index (κ2) is 5.72. The van der Waals surface area contributed by atoms with Crippen LogP contribution in [0.1, 0.15) is 5.56 Å². The molecule has 1 aromatic carbocycles. The summed E-state index contributed by atoms with van der Waals surface area (Å²) >= 11 is 10.2. The third-order valence-electron chi connectivity index (χ3n) is 3.00. The first-order chi connectivity index (χ1) is 9.08. The van der Waals surface area contributed by atoms with Gasteiger partial charge in [0.25, 0.3) is 5.56 Å². The van der Waals surface area contributed by atoms with E-state index in [-0.39, 0.29) is 5.56 Å². The molecule has 0 saturated heterocycles. The number of pyridine rings is 1. The molecule has 0 radical (unpaired) electrons. The molecule has 0 bridgehead atoms. The molecule has 1 aromatic heterocycles. The molecule has 0 fully saturated rings. The van der Waals surface area contributed by atoms with Crippen molar-refractivity contribution in [3.05, 3.63) is 51.3 Å². The van der Waals surface area contributed by atoms with E-state index < -0.39 is 0 Å². The van der Waals surface area contributed by atoms with Crippen LogP contribution in [0, 0.1) is 0 Å². The highest BCUT2D eigenvalue weighted by molar-refractivity contribution is 7.79. The van der Waals surface area contributed by atoms with Crippen molar-refractivity contribution in [3.8, 4) is 17.0 Å². The van der Waals surface area contributed by atoms with Crippen molar-refractivity contribution in [1.29, 1.82) is 0 Å². The lowest BCUT2D eigenvalue weighted by molar-refractivity contribution is 0.415. The van der Waals surface area contributed by atoms with Crippen molar-refractivity contribution < 1.29 is 4.74 Å². The third kappa shape index (κ3) is 2.65. The summed E-state index contributed by atoms with van der Waals surface area (Å²) in [7, 11) is 3.31. The van der Waals surface area contributed by atoms with Gasteiger partial charge in [-0.15, -0.1) is 0 Å². The number of benzene rings is 1. The molecule has 0 N–H and O–H groups in total. The van der Waals surface area contributed by atoms with Gasteiger partial charge in [-0.05, 0) is 29.8 Å². The number of thiol groups is 1. The summed E-state index contributed by atoms with van der Waals surface area (Å²) < 4.78 is 6.72. The van der Waals surface area contributed by atoms with E-state index in [1.54, 1.807) is 36.9 Å². The van der Waals surface area contributed by atoms with Gasteiger partial charge in [-0.2, -0.15) is 12.6 Å². The third-order valence-corrected chi connectivity index (χ3v) is 3.64. The lowest BCUT2D eigenvalue weighted by Crippen LogP contribution is -2.21. The Labute approximate surface area is 122 Å². The van der Waals surface area contributed by atoms with Crippen molar-refractivity contribution in [2.75, 3.05) is 7.11 Å². The van der Waals surface area contributed by atoms with E-state index in [0.717, 1.165) is 11.3 Å². The van der Waals surface area contributed by atoms with E-state index in [4.69, 9.17) is 16.3 Å². The predicted octanol–water partition coefficient (Wildman–Crippen LogP) is 3.14. The van der Waals surface area contributed by atoms with Crippen molar-refractivity contribution >= 4 is 24.2 Å². The van der Waals surface area contributed by atoms with Gasteiger partial charge in [-0.1, -0.05) is 17.7 Å². The molecule has 0 saturated carbocycles. The van der Waals surface area contributed by atoms with E-state index in [0.29, 0.717) is 22.1 Å². The molecule has 100 valence electrons. The van der Waals surface area contributed by atoms with E-state index in [1.807, 2.05) is 12.1 Å². The standard InChI is InChI=1S/C14H14ClNO2S/c1-16-12(5-3-10(8-19)14(16)17)9-4-6-13(18-2)11(15)7-9/h3-7,19H,8H2,1-2H3. The maximum Gasteiger partial charge on any atom is 0.254 e. The van der Waals surface area contributed by atoms with E-state index >= 15 is 0 Å². The van der Waals surface area contributed by atoms with Crippen molar-refractivity contribution in [3.63, 3.8) is 0 Å². The number of rotatable bonds is 3. The molecule has 0 spiro atoms. The van der Waals surface area contributed by atoms with Gasteiger partial charge in [0.2, 0.25) is 0 Å². The Morgan fingerprint density at radius 2 is 2.05 bits per heavy atom. The Morgan fingerprint density at radius 3 is 2.63 bits per heavy atom. The molecule has 0 atom stereocenters. The molecule has 19 heavy (non-hydrogen) atoms. The Morgan fingerprint density at radius 1 is 1.32 bits per heavy atom. The number of methoxy groups -OCH3 is 1. The van der Waals surface area contributed by atoms with Crippen molar-refractivity contribution in [1.82, 2.24) is 4.57 Å². The normalized spacial score (nSPS) is 10.5. The Hall–Kier alpha value is -1.39. The maximum absolute atomic E-state index is 12.1. The average molecular weight is 296 g/mol. The largest absolute Gasteiger partial charge is 0.495 e. The number of ether oxygens (including phenoxy) is 1. The lowest BCUT2D eigenvalue weighted by Gasteiger charge is -2.11. The Balaban J connectivity index is 2.57. The Bertz CT molecular complexity index is 667. The number of hydrogen-bond donors (Lipinski definition) is 1. The zero-order chi connectivity index (χ0) is 14.0. The van der Waals surface area contributed by atoms with Gasteiger partial charge in [-0.3, -0.25) is 4.79 Å². The van der Waals surface area contributed by atoms with Crippen LogP contribution in [-0.4, -0.2) is 11.7 Å². The lowest BCUT2D eigenvalue weighted by atomic mass is 10.1. The highest BCUT2D eigenvalue weighted by Crippen LogP contribution is 2.29. The fraction of sp³-hybridized carbons (Fsp3) is 0.214. The molecule has 1 heterocycles. The van der Waals surface area contributed by atoms with Crippen molar-refractivity contribution in [2.24, 2.45) is 7.05 Å². The molecule has 5 heteroatoms. The summed E-state index contributed by atoms with van der Waals surface area (Å²) in [5.41, 5.74) is 2.31. The van der Waals surface area contributed by atoms with Crippen LogP contribution in [0.15, 0.2) is 35.1 Å². The SMILES string of the molecule is COc1ccc(-c2ccc(CS)c(=O)n2C)cc1Cl. The molecule has 0 unspecified atom stereocenters. The molecular weight excluding hydrogens is 282 g/mol. The summed E-state index contributed by atoms with van der Waals surface area (Å²) in [6.45, 7) is 0. The van der Waals surface area contributed by atoms with Crippen LogP contribution in [-0.2, 0) is 12.8 Å². The van der Waals surface area contributed by atoms with Gasteiger partial charge in [-0.25, -0.2) is 0 Å². The quantitative estimate of drug-likeness (QED) is 0.882. The van der Waals surface area contributed by atoms with Gasteiger partial charge in [0.05, 0.1) is 17.8 Å². The average Bonchev–Trinajstić information content (AvgIpc) is 2.41.